The molecule has 0 fully saturated rings. The van der Waals surface area contributed by atoms with Gasteiger partial charge < -0.3 is 0 Å². The van der Waals surface area contributed by atoms with E-state index in [0.717, 1.165) is 11.1 Å². The molecule has 15 heavy (non-hydrogen) atoms. The average Bonchev–Trinajstić information content (AvgIpc) is 2.30. The van der Waals surface area contributed by atoms with Gasteiger partial charge in [0, 0.05) is 0 Å². The summed E-state index contributed by atoms with van der Waals surface area (Å²) in [5, 5.41) is 8.58. The molecule has 0 saturated heterocycles. The SMILES string of the molecule is N#Cc1ccc(-c2cc[c]cc2)cc1F. The lowest BCUT2D eigenvalue weighted by atomic mass is 10.0. The van der Waals surface area contributed by atoms with Gasteiger partial charge in [-0.3, -0.25) is 0 Å². The van der Waals surface area contributed by atoms with Gasteiger partial charge in [-0.05, 0) is 29.3 Å². The van der Waals surface area contributed by atoms with Gasteiger partial charge in [0.15, 0.2) is 0 Å². The van der Waals surface area contributed by atoms with Crippen molar-refractivity contribution < 1.29 is 4.39 Å². The van der Waals surface area contributed by atoms with Gasteiger partial charge in [-0.1, -0.05) is 30.3 Å². The van der Waals surface area contributed by atoms with Crippen molar-refractivity contribution in [1.82, 2.24) is 0 Å². The van der Waals surface area contributed by atoms with Gasteiger partial charge in [0.25, 0.3) is 0 Å². The van der Waals surface area contributed by atoms with Crippen LogP contribution in [0.15, 0.2) is 42.5 Å². The van der Waals surface area contributed by atoms with Gasteiger partial charge in [0.2, 0.25) is 0 Å². The number of hydrogen-bond acceptors (Lipinski definition) is 1. The molecule has 2 heteroatoms. The van der Waals surface area contributed by atoms with E-state index in [2.05, 4.69) is 6.07 Å². The van der Waals surface area contributed by atoms with Gasteiger partial charge in [0.05, 0.1) is 5.56 Å². The molecule has 2 aromatic carbocycles. The van der Waals surface area contributed by atoms with Gasteiger partial charge in [-0.2, -0.15) is 5.26 Å². The summed E-state index contributed by atoms with van der Waals surface area (Å²) in [7, 11) is 0. The fourth-order valence-electron chi connectivity index (χ4n) is 1.36. The maximum absolute atomic E-state index is 13.3. The largest absolute Gasteiger partial charge is 0.206 e. The lowest BCUT2D eigenvalue weighted by molar-refractivity contribution is 0.624. The van der Waals surface area contributed by atoms with Crippen LogP contribution in [0.5, 0.6) is 0 Å². The van der Waals surface area contributed by atoms with Crippen LogP contribution in [0.3, 0.4) is 0 Å². The molecule has 2 aromatic rings. The Morgan fingerprint density at radius 1 is 1.07 bits per heavy atom. The van der Waals surface area contributed by atoms with Crippen LogP contribution in [-0.4, -0.2) is 0 Å². The molecule has 1 radical (unpaired) electrons. The molecule has 0 aliphatic rings. The van der Waals surface area contributed by atoms with Crippen LogP contribution in [0.4, 0.5) is 4.39 Å². The van der Waals surface area contributed by atoms with Crippen molar-refractivity contribution >= 4 is 0 Å². The van der Waals surface area contributed by atoms with Crippen LogP contribution >= 0.6 is 0 Å². The van der Waals surface area contributed by atoms with Crippen molar-refractivity contribution in [2.45, 2.75) is 0 Å². The quantitative estimate of drug-likeness (QED) is 0.687. The minimum atomic E-state index is -0.483. The highest BCUT2D eigenvalue weighted by Crippen LogP contribution is 2.20. The Bertz CT molecular complexity index is 512. The van der Waals surface area contributed by atoms with Gasteiger partial charge in [0.1, 0.15) is 11.9 Å². The Kier molecular flexibility index (Phi) is 2.47. The number of halogens is 1. The van der Waals surface area contributed by atoms with Crippen molar-refractivity contribution in [2.75, 3.05) is 0 Å². The zero-order valence-corrected chi connectivity index (χ0v) is 7.87. The fraction of sp³-hybridized carbons (Fsp3) is 0. The normalized spacial score (nSPS) is 9.60. The summed E-state index contributed by atoms with van der Waals surface area (Å²) in [4.78, 5) is 0. The van der Waals surface area contributed by atoms with E-state index >= 15 is 0 Å². The van der Waals surface area contributed by atoms with E-state index in [0.29, 0.717) is 0 Å². The first-order valence-electron chi connectivity index (χ1n) is 4.47. The molecule has 0 aliphatic heterocycles. The topological polar surface area (TPSA) is 23.8 Å². The molecule has 0 bridgehead atoms. The second kappa shape index (κ2) is 3.93. The number of hydrogen-bond donors (Lipinski definition) is 0. The van der Waals surface area contributed by atoms with Gasteiger partial charge in [-0.15, -0.1) is 0 Å². The first kappa shape index (κ1) is 9.42. The third-order valence-corrected chi connectivity index (χ3v) is 2.14. The van der Waals surface area contributed by atoms with Crippen molar-refractivity contribution in [2.24, 2.45) is 0 Å². The van der Waals surface area contributed by atoms with E-state index in [4.69, 9.17) is 5.26 Å². The highest BCUT2D eigenvalue weighted by atomic mass is 19.1. The molecule has 0 aliphatic carbocycles. The summed E-state index contributed by atoms with van der Waals surface area (Å²) >= 11 is 0. The van der Waals surface area contributed by atoms with E-state index in [1.54, 1.807) is 24.3 Å². The van der Waals surface area contributed by atoms with E-state index in [1.807, 2.05) is 12.1 Å². The van der Waals surface area contributed by atoms with Crippen molar-refractivity contribution in [3.05, 3.63) is 59.9 Å². The summed E-state index contributed by atoms with van der Waals surface area (Å²) in [6.07, 6.45) is 0. The smallest absolute Gasteiger partial charge is 0.141 e. The van der Waals surface area contributed by atoms with E-state index in [-0.39, 0.29) is 5.56 Å². The number of rotatable bonds is 1. The molecule has 2 rings (SSSR count). The first-order chi connectivity index (χ1) is 7.31. The van der Waals surface area contributed by atoms with Crippen molar-refractivity contribution in [3.63, 3.8) is 0 Å². The second-order valence-corrected chi connectivity index (χ2v) is 3.10. The molecule has 0 amide bonds. The minimum Gasteiger partial charge on any atom is -0.206 e. The van der Waals surface area contributed by atoms with Crippen LogP contribution in [0.25, 0.3) is 11.1 Å². The molecule has 0 N–H and O–H groups in total. The summed E-state index contributed by atoms with van der Waals surface area (Å²) in [6, 6.07) is 16.5. The molecule has 0 aromatic heterocycles. The van der Waals surface area contributed by atoms with E-state index in [9.17, 15) is 4.39 Å². The number of nitrogens with zero attached hydrogens (tertiary/aromatic N) is 1. The maximum Gasteiger partial charge on any atom is 0.141 e. The Labute approximate surface area is 87.4 Å². The Morgan fingerprint density at radius 3 is 2.40 bits per heavy atom. The minimum absolute atomic E-state index is 0.0706. The van der Waals surface area contributed by atoms with Crippen molar-refractivity contribution in [3.8, 4) is 17.2 Å². The Morgan fingerprint density at radius 2 is 1.80 bits per heavy atom. The third-order valence-electron chi connectivity index (χ3n) is 2.14. The summed E-state index contributed by atoms with van der Waals surface area (Å²) in [5.41, 5.74) is 1.75. The molecule has 0 atom stereocenters. The number of nitriles is 1. The molecular formula is C13H7FN. The molecule has 1 nitrogen and oxygen atoms in total. The molecule has 0 spiro atoms. The van der Waals surface area contributed by atoms with E-state index < -0.39 is 5.82 Å². The fourth-order valence-corrected chi connectivity index (χ4v) is 1.36. The lowest BCUT2D eigenvalue weighted by Crippen LogP contribution is -1.85. The zero-order chi connectivity index (χ0) is 10.7. The summed E-state index contributed by atoms with van der Waals surface area (Å²) in [5.74, 6) is -0.483. The predicted octanol–water partition coefficient (Wildman–Crippen LogP) is 3.16. The molecular weight excluding hydrogens is 189 g/mol. The maximum atomic E-state index is 13.3. The van der Waals surface area contributed by atoms with Crippen LogP contribution in [0.1, 0.15) is 5.56 Å². The first-order valence-corrected chi connectivity index (χ1v) is 4.47. The standard InChI is InChI=1S/C13H7FN/c14-13-8-11(6-7-12(13)9-15)10-4-2-1-3-5-10/h2-8H. The summed E-state index contributed by atoms with van der Waals surface area (Å²) < 4.78 is 13.3. The van der Waals surface area contributed by atoms with Crippen LogP contribution < -0.4 is 0 Å². The predicted molar refractivity (Wildman–Crippen MR) is 55.4 cm³/mol. The van der Waals surface area contributed by atoms with Crippen LogP contribution in [0.2, 0.25) is 0 Å². The molecule has 71 valence electrons. The van der Waals surface area contributed by atoms with Gasteiger partial charge >= 0.3 is 0 Å². The van der Waals surface area contributed by atoms with E-state index in [1.165, 1.54) is 12.1 Å². The Balaban J connectivity index is 2.49. The molecule has 0 unspecified atom stereocenters. The zero-order valence-electron chi connectivity index (χ0n) is 7.87. The summed E-state index contributed by atoms with van der Waals surface area (Å²) in [6.45, 7) is 0. The van der Waals surface area contributed by atoms with Crippen LogP contribution in [-0.2, 0) is 0 Å². The number of benzene rings is 2. The monoisotopic (exact) mass is 196 g/mol. The molecule has 0 saturated carbocycles. The third kappa shape index (κ3) is 1.87. The highest BCUT2D eigenvalue weighted by Gasteiger charge is 2.03. The molecule has 0 heterocycles. The lowest BCUT2D eigenvalue weighted by Gasteiger charge is -2.01. The van der Waals surface area contributed by atoms with Crippen molar-refractivity contribution in [1.29, 1.82) is 5.26 Å². The second-order valence-electron chi connectivity index (χ2n) is 3.10. The Hall–Kier alpha value is -2.14. The highest BCUT2D eigenvalue weighted by molar-refractivity contribution is 5.64. The average molecular weight is 196 g/mol. The van der Waals surface area contributed by atoms with Crippen LogP contribution in [0, 0.1) is 23.2 Å². The van der Waals surface area contributed by atoms with Gasteiger partial charge in [-0.25, -0.2) is 4.39 Å².